The summed E-state index contributed by atoms with van der Waals surface area (Å²) in [6.07, 6.45) is 17.3. The Labute approximate surface area is 165 Å². The summed E-state index contributed by atoms with van der Waals surface area (Å²) in [6.45, 7) is 2.29. The standard InChI is InChI=1S/C27H34/c1-2-3-4-6-10-21-19-25-13-9-14-26(27(25)20-21)24-17-15-23(16-18-24)22-11-7-5-8-12-22/h9,13-18,20,22H,2-8,10-12,19H2,1H3. The molecule has 0 N–H and O–H groups in total. The molecule has 0 atom stereocenters. The van der Waals surface area contributed by atoms with Gasteiger partial charge in [0.2, 0.25) is 0 Å². The Morgan fingerprint density at radius 1 is 0.852 bits per heavy atom. The van der Waals surface area contributed by atoms with Gasteiger partial charge in [-0.15, -0.1) is 0 Å². The molecule has 0 heterocycles. The van der Waals surface area contributed by atoms with Gasteiger partial charge in [-0.2, -0.15) is 0 Å². The molecule has 27 heavy (non-hydrogen) atoms. The van der Waals surface area contributed by atoms with Gasteiger partial charge in [-0.25, -0.2) is 0 Å². The van der Waals surface area contributed by atoms with Crippen LogP contribution < -0.4 is 0 Å². The van der Waals surface area contributed by atoms with Crippen LogP contribution in [0.4, 0.5) is 0 Å². The quantitative estimate of drug-likeness (QED) is 0.436. The molecule has 0 saturated heterocycles. The van der Waals surface area contributed by atoms with Gasteiger partial charge < -0.3 is 0 Å². The lowest BCUT2D eigenvalue weighted by Crippen LogP contribution is -2.04. The normalized spacial score (nSPS) is 17.0. The van der Waals surface area contributed by atoms with Crippen molar-refractivity contribution < 1.29 is 0 Å². The van der Waals surface area contributed by atoms with Crippen molar-refractivity contribution in [1.29, 1.82) is 0 Å². The highest BCUT2D eigenvalue weighted by Gasteiger charge is 2.18. The highest BCUT2D eigenvalue weighted by atomic mass is 14.2. The van der Waals surface area contributed by atoms with Gasteiger partial charge in [0.05, 0.1) is 0 Å². The van der Waals surface area contributed by atoms with Crippen molar-refractivity contribution in [3.8, 4) is 11.1 Å². The highest BCUT2D eigenvalue weighted by Crippen LogP contribution is 2.37. The van der Waals surface area contributed by atoms with Crippen LogP contribution >= 0.6 is 0 Å². The van der Waals surface area contributed by atoms with Crippen LogP contribution in [0.2, 0.25) is 0 Å². The Hall–Kier alpha value is -1.82. The maximum Gasteiger partial charge on any atom is -0.00576 e. The van der Waals surface area contributed by atoms with Gasteiger partial charge in [0.15, 0.2) is 0 Å². The first-order chi connectivity index (χ1) is 13.3. The monoisotopic (exact) mass is 358 g/mol. The van der Waals surface area contributed by atoms with Crippen molar-refractivity contribution in [2.45, 2.75) is 83.5 Å². The molecule has 142 valence electrons. The highest BCUT2D eigenvalue weighted by molar-refractivity contribution is 5.80. The van der Waals surface area contributed by atoms with Crippen molar-refractivity contribution in [3.63, 3.8) is 0 Å². The molecule has 0 heteroatoms. The van der Waals surface area contributed by atoms with Crippen molar-refractivity contribution >= 4 is 6.08 Å². The molecule has 2 aromatic rings. The summed E-state index contributed by atoms with van der Waals surface area (Å²) in [5.74, 6) is 0.795. The molecule has 0 spiro atoms. The average Bonchev–Trinajstić information content (AvgIpc) is 3.15. The summed E-state index contributed by atoms with van der Waals surface area (Å²) >= 11 is 0. The summed E-state index contributed by atoms with van der Waals surface area (Å²) in [5, 5.41) is 0. The van der Waals surface area contributed by atoms with E-state index < -0.39 is 0 Å². The number of unbranched alkanes of at least 4 members (excludes halogenated alkanes) is 3. The lowest BCUT2D eigenvalue weighted by molar-refractivity contribution is 0.443. The first kappa shape index (κ1) is 18.5. The van der Waals surface area contributed by atoms with E-state index in [0.29, 0.717) is 0 Å². The molecular weight excluding hydrogens is 324 g/mol. The Kier molecular flexibility index (Phi) is 6.12. The lowest BCUT2D eigenvalue weighted by atomic mass is 9.83. The molecule has 2 aromatic carbocycles. The van der Waals surface area contributed by atoms with E-state index in [-0.39, 0.29) is 0 Å². The van der Waals surface area contributed by atoms with Crippen LogP contribution in [0, 0.1) is 0 Å². The lowest BCUT2D eigenvalue weighted by Gasteiger charge is -2.22. The number of hydrogen-bond acceptors (Lipinski definition) is 0. The van der Waals surface area contributed by atoms with Crippen LogP contribution in [-0.4, -0.2) is 0 Å². The second kappa shape index (κ2) is 8.91. The van der Waals surface area contributed by atoms with Crippen molar-refractivity contribution in [3.05, 3.63) is 64.7 Å². The molecule has 0 aromatic heterocycles. The molecule has 2 aliphatic rings. The number of hydrogen-bond donors (Lipinski definition) is 0. The van der Waals surface area contributed by atoms with E-state index in [1.165, 1.54) is 86.5 Å². The number of rotatable bonds is 7. The predicted octanol–water partition coefficient (Wildman–Crippen LogP) is 8.31. The van der Waals surface area contributed by atoms with Gasteiger partial charge in [0.1, 0.15) is 0 Å². The fourth-order valence-corrected chi connectivity index (χ4v) is 5.00. The molecule has 0 bridgehead atoms. The maximum atomic E-state index is 2.49. The maximum absolute atomic E-state index is 2.49. The minimum atomic E-state index is 0.795. The second-order valence-electron chi connectivity index (χ2n) is 8.63. The molecule has 0 aliphatic heterocycles. The topological polar surface area (TPSA) is 0 Å². The SMILES string of the molecule is CCCCCCC1=Cc2c(cccc2-c2ccc(C3CCCCC3)cc2)C1. The molecular formula is C27H34. The molecule has 0 radical (unpaired) electrons. The minimum absolute atomic E-state index is 0.795. The van der Waals surface area contributed by atoms with Crippen LogP contribution in [-0.2, 0) is 6.42 Å². The molecule has 2 aliphatic carbocycles. The molecule has 4 rings (SSSR count). The molecule has 0 amide bonds. The minimum Gasteiger partial charge on any atom is -0.0654 e. The van der Waals surface area contributed by atoms with E-state index in [9.17, 15) is 0 Å². The molecule has 0 unspecified atom stereocenters. The Bertz CT molecular complexity index is 772. The van der Waals surface area contributed by atoms with E-state index in [4.69, 9.17) is 0 Å². The van der Waals surface area contributed by atoms with Crippen molar-refractivity contribution in [2.75, 3.05) is 0 Å². The van der Waals surface area contributed by atoms with Gasteiger partial charge >= 0.3 is 0 Å². The number of fused-ring (bicyclic) bond motifs is 1. The third-order valence-electron chi connectivity index (χ3n) is 6.61. The summed E-state index contributed by atoms with van der Waals surface area (Å²) in [4.78, 5) is 0. The first-order valence-corrected chi connectivity index (χ1v) is 11.3. The van der Waals surface area contributed by atoms with Crippen LogP contribution in [0.15, 0.2) is 48.0 Å². The Balaban J connectivity index is 1.50. The smallest absolute Gasteiger partial charge is 0.00576 e. The van der Waals surface area contributed by atoms with Gasteiger partial charge in [0, 0.05) is 0 Å². The van der Waals surface area contributed by atoms with E-state index in [1.54, 1.807) is 11.1 Å². The zero-order chi connectivity index (χ0) is 18.5. The van der Waals surface area contributed by atoms with Crippen LogP contribution in [0.5, 0.6) is 0 Å². The van der Waals surface area contributed by atoms with E-state index in [2.05, 4.69) is 55.5 Å². The fraction of sp³-hybridized carbons (Fsp3) is 0.481. The van der Waals surface area contributed by atoms with Crippen molar-refractivity contribution in [2.24, 2.45) is 0 Å². The molecule has 1 saturated carbocycles. The summed E-state index contributed by atoms with van der Waals surface area (Å²) in [5.41, 5.74) is 8.99. The summed E-state index contributed by atoms with van der Waals surface area (Å²) in [6, 6.07) is 16.4. The average molecular weight is 359 g/mol. The molecule has 0 nitrogen and oxygen atoms in total. The largest absolute Gasteiger partial charge is 0.0654 e. The molecule has 1 fully saturated rings. The zero-order valence-electron chi connectivity index (χ0n) is 17.0. The zero-order valence-corrected chi connectivity index (χ0v) is 17.0. The van der Waals surface area contributed by atoms with Crippen LogP contribution in [0.25, 0.3) is 17.2 Å². The Morgan fingerprint density at radius 2 is 1.67 bits per heavy atom. The van der Waals surface area contributed by atoms with Crippen LogP contribution in [0.1, 0.15) is 93.7 Å². The van der Waals surface area contributed by atoms with Crippen LogP contribution in [0.3, 0.4) is 0 Å². The fourth-order valence-electron chi connectivity index (χ4n) is 5.00. The van der Waals surface area contributed by atoms with Gasteiger partial charge in [0.25, 0.3) is 0 Å². The Morgan fingerprint density at radius 3 is 2.44 bits per heavy atom. The van der Waals surface area contributed by atoms with Gasteiger partial charge in [-0.3, -0.25) is 0 Å². The second-order valence-corrected chi connectivity index (χ2v) is 8.63. The predicted molar refractivity (Wildman–Crippen MR) is 118 cm³/mol. The first-order valence-electron chi connectivity index (χ1n) is 11.3. The third kappa shape index (κ3) is 4.37. The summed E-state index contributed by atoms with van der Waals surface area (Å²) in [7, 11) is 0. The van der Waals surface area contributed by atoms with Crippen molar-refractivity contribution in [1.82, 2.24) is 0 Å². The van der Waals surface area contributed by atoms with Gasteiger partial charge in [-0.05, 0) is 65.8 Å². The van der Waals surface area contributed by atoms with E-state index in [1.807, 2.05) is 0 Å². The van der Waals surface area contributed by atoms with E-state index >= 15 is 0 Å². The third-order valence-corrected chi connectivity index (χ3v) is 6.61. The van der Waals surface area contributed by atoms with E-state index in [0.717, 1.165) is 12.3 Å². The summed E-state index contributed by atoms with van der Waals surface area (Å²) < 4.78 is 0. The van der Waals surface area contributed by atoms with Gasteiger partial charge in [-0.1, -0.05) is 99.6 Å². The number of benzene rings is 2. The number of allylic oxidation sites excluding steroid dienone is 1.